The Morgan fingerprint density at radius 3 is 2.71 bits per heavy atom. The predicted molar refractivity (Wildman–Crippen MR) is 76.1 cm³/mol. The molecule has 0 N–H and O–H groups in total. The van der Waals surface area contributed by atoms with Crippen LogP contribution < -0.4 is 9.47 Å². The Morgan fingerprint density at radius 1 is 1.35 bits per heavy atom. The maximum absolute atomic E-state index is 5.96. The third kappa shape index (κ3) is 4.49. The number of alkyl halides is 1. The Bertz CT molecular complexity index is 333. The van der Waals surface area contributed by atoms with E-state index in [1.54, 1.807) is 19.2 Å². The summed E-state index contributed by atoms with van der Waals surface area (Å²) >= 11 is 13.7. The number of hydrogen-bond acceptors (Lipinski definition) is 3. The second kappa shape index (κ2) is 7.96. The molecule has 17 heavy (non-hydrogen) atoms. The molecule has 0 heterocycles. The Hall–Kier alpha value is -0.250. The van der Waals surface area contributed by atoms with Gasteiger partial charge in [-0.2, -0.15) is 11.8 Å². The van der Waals surface area contributed by atoms with E-state index < -0.39 is 0 Å². The average molecular weight is 295 g/mol. The van der Waals surface area contributed by atoms with Crippen LogP contribution in [0.1, 0.15) is 12.5 Å². The summed E-state index contributed by atoms with van der Waals surface area (Å²) in [4.78, 5) is 0. The van der Waals surface area contributed by atoms with Gasteiger partial charge in [0.1, 0.15) is 0 Å². The summed E-state index contributed by atoms with van der Waals surface area (Å²) in [7, 11) is 1.59. The first-order valence-electron chi connectivity index (χ1n) is 5.35. The van der Waals surface area contributed by atoms with Gasteiger partial charge >= 0.3 is 0 Å². The molecule has 0 aliphatic carbocycles. The molecule has 0 amide bonds. The summed E-state index contributed by atoms with van der Waals surface area (Å²) in [6.45, 7) is 2.76. The molecule has 1 aromatic carbocycles. The fourth-order valence-corrected chi connectivity index (χ4v) is 2.30. The molecule has 0 aliphatic rings. The van der Waals surface area contributed by atoms with Gasteiger partial charge in [0.15, 0.2) is 11.5 Å². The summed E-state index contributed by atoms with van der Waals surface area (Å²) in [6, 6.07) is 3.54. The van der Waals surface area contributed by atoms with E-state index in [2.05, 4.69) is 6.92 Å². The zero-order chi connectivity index (χ0) is 12.7. The van der Waals surface area contributed by atoms with E-state index in [1.165, 1.54) is 0 Å². The summed E-state index contributed by atoms with van der Waals surface area (Å²) in [5.41, 5.74) is 0.859. The second-order valence-electron chi connectivity index (χ2n) is 3.28. The van der Waals surface area contributed by atoms with Gasteiger partial charge in [-0.15, -0.1) is 11.6 Å². The molecule has 0 fully saturated rings. The maximum atomic E-state index is 5.96. The number of ether oxygens (including phenoxy) is 2. The fourth-order valence-electron chi connectivity index (χ4n) is 1.38. The monoisotopic (exact) mass is 294 g/mol. The number of methoxy groups -OCH3 is 1. The van der Waals surface area contributed by atoms with E-state index in [0.29, 0.717) is 29.0 Å². The first kappa shape index (κ1) is 14.8. The van der Waals surface area contributed by atoms with Crippen molar-refractivity contribution >= 4 is 35.0 Å². The molecule has 5 heteroatoms. The zero-order valence-corrected chi connectivity index (χ0v) is 12.3. The van der Waals surface area contributed by atoms with Gasteiger partial charge in [0.25, 0.3) is 0 Å². The first-order chi connectivity index (χ1) is 8.22. The standard InChI is InChI=1S/C12H16Cl2O2S/c1-3-17-5-4-16-12-9(8-13)6-10(14)7-11(12)15-2/h6-7H,3-5,8H2,1-2H3. The minimum absolute atomic E-state index is 0.354. The predicted octanol–water partition coefficient (Wildman–Crippen LogP) is 4.22. The van der Waals surface area contributed by atoms with Gasteiger partial charge in [0.05, 0.1) is 19.6 Å². The summed E-state index contributed by atoms with van der Waals surface area (Å²) in [5.74, 6) is 3.72. The Morgan fingerprint density at radius 2 is 2.12 bits per heavy atom. The lowest BCUT2D eigenvalue weighted by molar-refractivity contribution is 0.311. The highest BCUT2D eigenvalue weighted by atomic mass is 35.5. The van der Waals surface area contributed by atoms with Crippen LogP contribution in [-0.2, 0) is 5.88 Å². The van der Waals surface area contributed by atoms with Crippen LogP contribution in [0, 0.1) is 0 Å². The van der Waals surface area contributed by atoms with Gasteiger partial charge in [-0.05, 0) is 11.8 Å². The number of hydrogen-bond donors (Lipinski definition) is 0. The zero-order valence-electron chi connectivity index (χ0n) is 9.96. The third-order valence-corrected chi connectivity index (χ3v) is 3.51. The van der Waals surface area contributed by atoms with Gasteiger partial charge in [0.2, 0.25) is 0 Å². The number of benzene rings is 1. The highest BCUT2D eigenvalue weighted by Gasteiger charge is 2.12. The van der Waals surface area contributed by atoms with E-state index >= 15 is 0 Å². The van der Waals surface area contributed by atoms with Crippen molar-refractivity contribution in [2.24, 2.45) is 0 Å². The molecule has 0 atom stereocenters. The molecule has 0 bridgehead atoms. The number of halogens is 2. The maximum Gasteiger partial charge on any atom is 0.165 e. The van der Waals surface area contributed by atoms with Crippen molar-refractivity contribution in [1.29, 1.82) is 0 Å². The van der Waals surface area contributed by atoms with Gasteiger partial charge in [-0.25, -0.2) is 0 Å². The summed E-state index contributed by atoms with van der Waals surface area (Å²) in [6.07, 6.45) is 0. The lowest BCUT2D eigenvalue weighted by atomic mass is 10.2. The van der Waals surface area contributed by atoms with Gasteiger partial charge in [-0.3, -0.25) is 0 Å². The molecule has 0 saturated heterocycles. The van der Waals surface area contributed by atoms with Crippen molar-refractivity contribution in [3.63, 3.8) is 0 Å². The number of rotatable bonds is 7. The smallest absolute Gasteiger partial charge is 0.165 e. The van der Waals surface area contributed by atoms with Crippen LogP contribution in [0.25, 0.3) is 0 Å². The van der Waals surface area contributed by atoms with Crippen LogP contribution in [-0.4, -0.2) is 25.2 Å². The van der Waals surface area contributed by atoms with Crippen molar-refractivity contribution in [3.8, 4) is 11.5 Å². The van der Waals surface area contributed by atoms with E-state index in [0.717, 1.165) is 17.1 Å². The van der Waals surface area contributed by atoms with Crippen molar-refractivity contribution < 1.29 is 9.47 Å². The molecule has 0 saturated carbocycles. The van der Waals surface area contributed by atoms with Crippen LogP contribution in [0.3, 0.4) is 0 Å². The summed E-state index contributed by atoms with van der Waals surface area (Å²) < 4.78 is 11.0. The van der Waals surface area contributed by atoms with Crippen molar-refractivity contribution in [1.82, 2.24) is 0 Å². The highest BCUT2D eigenvalue weighted by molar-refractivity contribution is 7.99. The highest BCUT2D eigenvalue weighted by Crippen LogP contribution is 2.35. The molecule has 2 nitrogen and oxygen atoms in total. The molecule has 1 aromatic rings. The lowest BCUT2D eigenvalue weighted by Crippen LogP contribution is -2.04. The van der Waals surface area contributed by atoms with E-state index in [1.807, 2.05) is 11.8 Å². The molecule has 0 radical (unpaired) electrons. The molecule has 0 aromatic heterocycles. The Kier molecular flexibility index (Phi) is 6.93. The molecular weight excluding hydrogens is 279 g/mol. The van der Waals surface area contributed by atoms with Gasteiger partial charge < -0.3 is 9.47 Å². The minimum Gasteiger partial charge on any atom is -0.493 e. The normalized spacial score (nSPS) is 10.4. The molecule has 0 unspecified atom stereocenters. The molecule has 0 aliphatic heterocycles. The Labute approximate surface area is 117 Å². The third-order valence-electron chi connectivity index (χ3n) is 2.14. The Balaban J connectivity index is 2.79. The van der Waals surface area contributed by atoms with Crippen LogP contribution in [0.15, 0.2) is 12.1 Å². The quantitative estimate of drug-likeness (QED) is 0.554. The van der Waals surface area contributed by atoms with Crippen LogP contribution in [0.2, 0.25) is 5.02 Å². The molecular formula is C12H16Cl2O2S. The molecule has 1 rings (SSSR count). The number of thioether (sulfide) groups is 1. The van der Waals surface area contributed by atoms with E-state index in [-0.39, 0.29) is 0 Å². The molecule has 96 valence electrons. The minimum atomic E-state index is 0.354. The van der Waals surface area contributed by atoms with Crippen LogP contribution in [0.4, 0.5) is 0 Å². The topological polar surface area (TPSA) is 18.5 Å². The van der Waals surface area contributed by atoms with Gasteiger partial charge in [-0.1, -0.05) is 18.5 Å². The van der Waals surface area contributed by atoms with Gasteiger partial charge in [0, 0.05) is 22.4 Å². The molecule has 0 spiro atoms. The van der Waals surface area contributed by atoms with Crippen molar-refractivity contribution in [2.45, 2.75) is 12.8 Å². The van der Waals surface area contributed by atoms with E-state index in [4.69, 9.17) is 32.7 Å². The average Bonchev–Trinajstić information content (AvgIpc) is 2.35. The first-order valence-corrected chi connectivity index (χ1v) is 7.42. The van der Waals surface area contributed by atoms with Crippen molar-refractivity contribution in [2.75, 3.05) is 25.2 Å². The van der Waals surface area contributed by atoms with Crippen molar-refractivity contribution in [3.05, 3.63) is 22.7 Å². The lowest BCUT2D eigenvalue weighted by Gasteiger charge is -2.14. The largest absolute Gasteiger partial charge is 0.493 e. The summed E-state index contributed by atoms with van der Waals surface area (Å²) in [5, 5.41) is 0.604. The fraction of sp³-hybridized carbons (Fsp3) is 0.500. The SMILES string of the molecule is CCSCCOc1c(CCl)cc(Cl)cc1OC. The van der Waals surface area contributed by atoms with E-state index in [9.17, 15) is 0 Å². The van der Waals surface area contributed by atoms with Crippen LogP contribution >= 0.6 is 35.0 Å². The van der Waals surface area contributed by atoms with Crippen LogP contribution in [0.5, 0.6) is 11.5 Å². The second-order valence-corrected chi connectivity index (χ2v) is 5.37.